The zero-order valence-corrected chi connectivity index (χ0v) is 18.4. The smallest absolute Gasteiger partial charge is 0.337 e. The number of rotatable bonds is 5. The summed E-state index contributed by atoms with van der Waals surface area (Å²) in [5, 5.41) is 12.3. The van der Waals surface area contributed by atoms with E-state index in [4.69, 9.17) is 11.6 Å². The Kier molecular flexibility index (Phi) is 6.66. The fourth-order valence-electron chi connectivity index (χ4n) is 3.69. The van der Waals surface area contributed by atoms with Crippen LogP contribution >= 0.6 is 11.6 Å². The van der Waals surface area contributed by atoms with Gasteiger partial charge in [-0.25, -0.2) is 4.79 Å². The standard InChI is InChI=1S/C24H23ClN4O3/c1-32-24(31)18-4-8-20(9-5-18)26-23(30)17-12-14-29(15-13-17)22-11-10-21(27-28-22)16-2-6-19(25)7-3-16/h2-11,17H,12-15H2,1H3,(H,26,30). The minimum Gasteiger partial charge on any atom is -0.465 e. The molecule has 4 rings (SSSR count). The van der Waals surface area contributed by atoms with Gasteiger partial charge in [0.25, 0.3) is 0 Å². The molecule has 1 fully saturated rings. The molecule has 0 aliphatic carbocycles. The predicted octanol–water partition coefficient (Wildman–Crippen LogP) is 4.44. The number of aromatic nitrogens is 2. The number of benzene rings is 2. The number of ether oxygens (including phenoxy) is 1. The number of halogens is 1. The van der Waals surface area contributed by atoms with E-state index in [1.54, 1.807) is 24.3 Å². The monoisotopic (exact) mass is 450 g/mol. The molecule has 0 saturated carbocycles. The van der Waals surface area contributed by atoms with Gasteiger partial charge in [0.1, 0.15) is 0 Å². The first-order chi connectivity index (χ1) is 15.5. The fraction of sp³-hybridized carbons (Fsp3) is 0.250. The lowest BCUT2D eigenvalue weighted by molar-refractivity contribution is -0.120. The molecular formula is C24H23ClN4O3. The van der Waals surface area contributed by atoms with E-state index in [0.29, 0.717) is 16.3 Å². The SMILES string of the molecule is COC(=O)c1ccc(NC(=O)C2CCN(c3ccc(-c4ccc(Cl)cc4)nn3)CC2)cc1. The van der Waals surface area contributed by atoms with Crippen LogP contribution in [0.2, 0.25) is 5.02 Å². The lowest BCUT2D eigenvalue weighted by atomic mass is 9.95. The predicted molar refractivity (Wildman–Crippen MR) is 124 cm³/mol. The minimum atomic E-state index is -0.403. The zero-order valence-electron chi connectivity index (χ0n) is 17.6. The van der Waals surface area contributed by atoms with E-state index in [1.165, 1.54) is 7.11 Å². The molecule has 0 spiro atoms. The number of amides is 1. The van der Waals surface area contributed by atoms with Gasteiger partial charge in [0.05, 0.1) is 18.4 Å². The van der Waals surface area contributed by atoms with Crippen molar-refractivity contribution in [2.45, 2.75) is 12.8 Å². The Morgan fingerprint density at radius 1 is 0.969 bits per heavy atom. The molecule has 164 valence electrons. The van der Waals surface area contributed by atoms with Crippen LogP contribution in [-0.4, -0.2) is 42.3 Å². The fourth-order valence-corrected chi connectivity index (χ4v) is 3.82. The number of piperidine rings is 1. The van der Waals surface area contributed by atoms with Crippen LogP contribution in [-0.2, 0) is 9.53 Å². The number of hydrogen-bond acceptors (Lipinski definition) is 6. The highest BCUT2D eigenvalue weighted by Crippen LogP contribution is 2.25. The molecule has 0 unspecified atom stereocenters. The highest BCUT2D eigenvalue weighted by Gasteiger charge is 2.26. The van der Waals surface area contributed by atoms with Crippen molar-refractivity contribution in [3.8, 4) is 11.3 Å². The average molecular weight is 451 g/mol. The first kappa shape index (κ1) is 21.8. The van der Waals surface area contributed by atoms with Crippen LogP contribution in [0.25, 0.3) is 11.3 Å². The van der Waals surface area contributed by atoms with E-state index in [-0.39, 0.29) is 11.8 Å². The third-order valence-corrected chi connectivity index (χ3v) is 5.81. The Balaban J connectivity index is 1.31. The first-order valence-electron chi connectivity index (χ1n) is 10.4. The highest BCUT2D eigenvalue weighted by atomic mass is 35.5. The second-order valence-corrected chi connectivity index (χ2v) is 8.04. The van der Waals surface area contributed by atoms with Crippen molar-refractivity contribution < 1.29 is 14.3 Å². The van der Waals surface area contributed by atoms with Gasteiger partial charge in [-0.1, -0.05) is 23.7 Å². The van der Waals surface area contributed by atoms with E-state index in [9.17, 15) is 9.59 Å². The highest BCUT2D eigenvalue weighted by molar-refractivity contribution is 6.30. The maximum atomic E-state index is 12.7. The number of nitrogens with one attached hydrogen (secondary N) is 1. The van der Waals surface area contributed by atoms with E-state index >= 15 is 0 Å². The Morgan fingerprint density at radius 3 is 2.25 bits per heavy atom. The first-order valence-corrected chi connectivity index (χ1v) is 10.7. The summed E-state index contributed by atoms with van der Waals surface area (Å²) in [6.07, 6.45) is 1.46. The van der Waals surface area contributed by atoms with Crippen LogP contribution in [0.5, 0.6) is 0 Å². The summed E-state index contributed by atoms with van der Waals surface area (Å²) in [5.74, 6) is 0.312. The van der Waals surface area contributed by atoms with E-state index in [1.807, 2.05) is 36.4 Å². The van der Waals surface area contributed by atoms with Crippen LogP contribution in [0.3, 0.4) is 0 Å². The Labute approximate surface area is 191 Å². The largest absolute Gasteiger partial charge is 0.465 e. The Morgan fingerprint density at radius 2 is 1.66 bits per heavy atom. The second-order valence-electron chi connectivity index (χ2n) is 7.60. The number of nitrogens with zero attached hydrogens (tertiary/aromatic N) is 3. The lowest BCUT2D eigenvalue weighted by Gasteiger charge is -2.31. The number of methoxy groups -OCH3 is 1. The Hall–Kier alpha value is -3.45. The summed E-state index contributed by atoms with van der Waals surface area (Å²) in [7, 11) is 1.34. The molecule has 1 N–H and O–H groups in total. The van der Waals surface area contributed by atoms with Crippen molar-refractivity contribution in [1.29, 1.82) is 0 Å². The lowest BCUT2D eigenvalue weighted by Crippen LogP contribution is -2.38. The van der Waals surface area contributed by atoms with E-state index in [2.05, 4.69) is 25.2 Å². The van der Waals surface area contributed by atoms with Crippen LogP contribution in [0.15, 0.2) is 60.7 Å². The minimum absolute atomic E-state index is 0.0142. The molecule has 1 amide bonds. The summed E-state index contributed by atoms with van der Waals surface area (Å²) < 4.78 is 4.69. The maximum absolute atomic E-state index is 12.7. The third kappa shape index (κ3) is 5.06. The molecule has 1 aromatic heterocycles. The normalized spacial score (nSPS) is 14.1. The molecule has 0 radical (unpaired) electrons. The van der Waals surface area contributed by atoms with Crippen LogP contribution in [0.1, 0.15) is 23.2 Å². The van der Waals surface area contributed by atoms with Crippen molar-refractivity contribution in [3.63, 3.8) is 0 Å². The molecule has 1 aliphatic heterocycles. The van der Waals surface area contributed by atoms with Gasteiger partial charge in [0.2, 0.25) is 5.91 Å². The molecule has 8 heteroatoms. The molecule has 1 aliphatic rings. The number of carbonyl (C=O) groups is 2. The van der Waals surface area contributed by atoms with Crippen molar-refractivity contribution in [3.05, 3.63) is 71.2 Å². The number of anilines is 2. The quantitative estimate of drug-likeness (QED) is 0.578. The number of hydrogen-bond donors (Lipinski definition) is 1. The average Bonchev–Trinajstić information content (AvgIpc) is 2.85. The third-order valence-electron chi connectivity index (χ3n) is 5.55. The van der Waals surface area contributed by atoms with Gasteiger partial charge in [0.15, 0.2) is 5.82 Å². The topological polar surface area (TPSA) is 84.4 Å². The molecule has 1 saturated heterocycles. The Bertz CT molecular complexity index is 1080. The molecule has 0 atom stereocenters. The number of carbonyl (C=O) groups excluding carboxylic acids is 2. The summed E-state index contributed by atoms with van der Waals surface area (Å²) >= 11 is 5.94. The van der Waals surface area contributed by atoms with Gasteiger partial charge < -0.3 is 15.0 Å². The van der Waals surface area contributed by atoms with Crippen molar-refractivity contribution in [2.24, 2.45) is 5.92 Å². The van der Waals surface area contributed by atoms with Gasteiger partial charge in [-0.05, 0) is 61.4 Å². The zero-order chi connectivity index (χ0) is 22.5. The molecule has 3 aromatic rings. The molecule has 7 nitrogen and oxygen atoms in total. The molecule has 32 heavy (non-hydrogen) atoms. The van der Waals surface area contributed by atoms with E-state index < -0.39 is 5.97 Å². The molecular weight excluding hydrogens is 428 g/mol. The number of esters is 1. The van der Waals surface area contributed by atoms with Crippen LogP contribution in [0.4, 0.5) is 11.5 Å². The van der Waals surface area contributed by atoms with Crippen molar-refractivity contribution >= 4 is 35.0 Å². The summed E-state index contributed by atoms with van der Waals surface area (Å²) in [6, 6.07) is 18.1. The van der Waals surface area contributed by atoms with Gasteiger partial charge >= 0.3 is 5.97 Å². The van der Waals surface area contributed by atoms with Crippen LogP contribution < -0.4 is 10.2 Å². The molecule has 0 bridgehead atoms. The van der Waals surface area contributed by atoms with Gasteiger partial charge in [-0.2, -0.15) is 0 Å². The summed E-state index contributed by atoms with van der Waals surface area (Å²) in [5.41, 5.74) is 2.86. The summed E-state index contributed by atoms with van der Waals surface area (Å²) in [6.45, 7) is 1.46. The second kappa shape index (κ2) is 9.78. The van der Waals surface area contributed by atoms with Crippen LogP contribution in [0, 0.1) is 5.92 Å². The van der Waals surface area contributed by atoms with Gasteiger partial charge in [-0.3, -0.25) is 4.79 Å². The van der Waals surface area contributed by atoms with Crippen molar-refractivity contribution in [2.75, 3.05) is 30.4 Å². The van der Waals surface area contributed by atoms with E-state index in [0.717, 1.165) is 43.0 Å². The van der Waals surface area contributed by atoms with Crippen molar-refractivity contribution in [1.82, 2.24) is 10.2 Å². The van der Waals surface area contributed by atoms with Gasteiger partial charge in [0, 0.05) is 35.3 Å². The van der Waals surface area contributed by atoms with Gasteiger partial charge in [-0.15, -0.1) is 10.2 Å². The molecule has 2 heterocycles. The molecule has 2 aromatic carbocycles. The maximum Gasteiger partial charge on any atom is 0.337 e. The summed E-state index contributed by atoms with van der Waals surface area (Å²) in [4.78, 5) is 26.3.